The first kappa shape index (κ1) is 27.6. The zero-order valence-corrected chi connectivity index (χ0v) is 22.2. The smallest absolute Gasteiger partial charge is 0.0703 e. The number of likely N-dealkylation sites (N-methyl/N-ethyl adjacent to an activating group) is 1. The Bertz CT molecular complexity index is 594. The Labute approximate surface area is 190 Å². The van der Waals surface area contributed by atoms with Gasteiger partial charge in [0.15, 0.2) is 0 Å². The predicted octanol–water partition coefficient (Wildman–Crippen LogP) is 7.37. The fraction of sp³-hybridized carbons (Fsp3) is 0.560. The van der Waals surface area contributed by atoms with Gasteiger partial charge in [-0.05, 0) is 75.8 Å². The van der Waals surface area contributed by atoms with Gasteiger partial charge >= 0.3 is 0 Å². The third-order valence-electron chi connectivity index (χ3n) is 4.68. The minimum Gasteiger partial charge on any atom is -0.347 e. The van der Waals surface area contributed by atoms with Crippen molar-refractivity contribution in [3.8, 4) is 0 Å². The van der Waals surface area contributed by atoms with Crippen LogP contribution in [-0.2, 0) is 20.4 Å². The van der Waals surface area contributed by atoms with E-state index in [1.807, 2.05) is 13.1 Å². The van der Waals surface area contributed by atoms with Gasteiger partial charge in [0.05, 0.1) is 15.5 Å². The maximum Gasteiger partial charge on any atom is 0.0703 e. The molecular formula is C25H42NPPd. The van der Waals surface area contributed by atoms with Crippen molar-refractivity contribution in [2.24, 2.45) is 0 Å². The molecule has 1 N–H and O–H groups in total. The van der Waals surface area contributed by atoms with Gasteiger partial charge in [0.25, 0.3) is 0 Å². The van der Waals surface area contributed by atoms with Crippen LogP contribution in [0.5, 0.6) is 0 Å². The summed E-state index contributed by atoms with van der Waals surface area (Å²) in [5.74, 6) is 0. The van der Waals surface area contributed by atoms with Gasteiger partial charge in [-0.25, -0.2) is 0 Å². The second kappa shape index (κ2) is 11.1. The van der Waals surface area contributed by atoms with Crippen LogP contribution in [0.2, 0.25) is 0 Å². The van der Waals surface area contributed by atoms with E-state index < -0.39 is 7.92 Å². The van der Waals surface area contributed by atoms with Crippen molar-refractivity contribution in [3.63, 3.8) is 0 Å². The number of nitrogens with one attached hydrogen (secondary N) is 1. The maximum absolute atomic E-state index is 3.25. The second-order valence-electron chi connectivity index (χ2n) is 10.4. The monoisotopic (exact) mass is 493 g/mol. The summed E-state index contributed by atoms with van der Waals surface area (Å²) >= 11 is 0. The summed E-state index contributed by atoms with van der Waals surface area (Å²) in [5.41, 5.74) is 2.58. The predicted molar refractivity (Wildman–Crippen MR) is 128 cm³/mol. The van der Waals surface area contributed by atoms with E-state index in [9.17, 15) is 0 Å². The maximum atomic E-state index is 3.25. The summed E-state index contributed by atoms with van der Waals surface area (Å²) in [5, 5.41) is 4.71. The minimum atomic E-state index is -0.391. The zero-order valence-electron chi connectivity index (χ0n) is 19.6. The largest absolute Gasteiger partial charge is 0.347 e. The number of allylic oxidation sites excluding steroid dienone is 2. The number of hydrogen-bond donors (Lipinski definition) is 1. The Hall–Kier alpha value is -0.378. The van der Waals surface area contributed by atoms with Crippen molar-refractivity contribution in [2.45, 2.75) is 84.2 Å². The van der Waals surface area contributed by atoms with Crippen LogP contribution in [0.25, 0.3) is 5.57 Å². The molecule has 1 aliphatic carbocycles. The molecule has 0 aliphatic heterocycles. The number of benzene rings is 1. The Morgan fingerprint density at radius 2 is 1.29 bits per heavy atom. The Balaban J connectivity index is 0.000000505. The fourth-order valence-electron chi connectivity index (χ4n) is 5.06. The molecule has 3 heteroatoms. The molecule has 0 radical (unpaired) electrons. The van der Waals surface area contributed by atoms with Crippen molar-refractivity contribution in [3.05, 3.63) is 60.2 Å². The van der Waals surface area contributed by atoms with Crippen LogP contribution in [-0.4, -0.2) is 22.5 Å². The van der Waals surface area contributed by atoms with Crippen LogP contribution in [0.1, 0.15) is 74.3 Å². The van der Waals surface area contributed by atoms with Crippen LogP contribution in [0, 0.1) is 6.04 Å². The Morgan fingerprint density at radius 3 is 1.64 bits per heavy atom. The summed E-state index contributed by atoms with van der Waals surface area (Å²) < 4.78 is 0. The molecule has 1 aromatic carbocycles. The van der Waals surface area contributed by atoms with Gasteiger partial charge in [0.1, 0.15) is 0 Å². The standard InChI is InChI=1S/C13H14N.C12H27P.Pd/c1-14-13-10-6-5-9-12(13)11-7-3-2-4-8-11;1-10(2,3)13(11(4,5)6)12(7,8)9;/h2-9,14H,10H2,1H3;1-9H3;/q-1;;/p+1. The molecule has 0 bridgehead atoms. The molecule has 28 heavy (non-hydrogen) atoms. The van der Waals surface area contributed by atoms with Crippen molar-refractivity contribution in [1.29, 1.82) is 0 Å². The van der Waals surface area contributed by atoms with Crippen LogP contribution in [0.15, 0.2) is 48.6 Å². The molecule has 0 unspecified atom stereocenters. The van der Waals surface area contributed by atoms with Gasteiger partial charge in [-0.1, -0.05) is 18.2 Å². The van der Waals surface area contributed by atoms with Gasteiger partial charge in [-0.2, -0.15) is 11.6 Å². The number of hydrogen-bond acceptors (Lipinski definition) is 1. The summed E-state index contributed by atoms with van der Waals surface area (Å²) in [7, 11) is 1.59. The van der Waals surface area contributed by atoms with Crippen LogP contribution >= 0.6 is 7.92 Å². The third-order valence-corrected chi connectivity index (χ3v) is 9.18. The molecular weight excluding hydrogens is 452 g/mol. The quantitative estimate of drug-likeness (QED) is 0.257. The van der Waals surface area contributed by atoms with E-state index in [0.29, 0.717) is 15.5 Å². The van der Waals surface area contributed by atoms with Crippen LogP contribution in [0.4, 0.5) is 0 Å². The van der Waals surface area contributed by atoms with Crippen LogP contribution < -0.4 is 5.32 Å². The van der Waals surface area contributed by atoms with Crippen molar-refractivity contribution < 1.29 is 20.4 Å². The molecule has 0 fully saturated rings. The van der Waals surface area contributed by atoms with E-state index in [1.54, 1.807) is 0 Å². The average molecular weight is 494 g/mol. The Kier molecular flexibility index (Phi) is 11.0. The first-order chi connectivity index (χ1) is 12.3. The molecule has 0 heterocycles. The van der Waals surface area contributed by atoms with Crippen LogP contribution in [0.3, 0.4) is 0 Å². The van der Waals surface area contributed by atoms with E-state index in [4.69, 9.17) is 0 Å². The second-order valence-corrected chi connectivity index (χ2v) is 15.7. The van der Waals surface area contributed by atoms with Gasteiger partial charge in [0, 0.05) is 28.3 Å². The molecule has 0 saturated carbocycles. The van der Waals surface area contributed by atoms with Gasteiger partial charge < -0.3 is 5.32 Å². The SMILES string of the molecule is CC(C)(C)[PH+](C(C)(C)C)C(C)(C)C.CN[C-]1CC=CC=C1c1ccccc1.[Pd]. The van der Waals surface area contributed by atoms with Gasteiger partial charge in [0.2, 0.25) is 0 Å². The molecule has 1 nitrogen and oxygen atoms in total. The van der Waals surface area contributed by atoms with Crippen molar-refractivity contribution >= 4 is 13.5 Å². The molecule has 2 rings (SSSR count). The molecule has 1 aliphatic rings. The van der Waals surface area contributed by atoms with E-state index in [2.05, 4.69) is 110 Å². The van der Waals surface area contributed by atoms with E-state index in [-0.39, 0.29) is 20.4 Å². The minimum absolute atomic E-state index is 0. The summed E-state index contributed by atoms with van der Waals surface area (Å²) in [6.07, 6.45) is 7.43. The fourth-order valence-corrected chi connectivity index (χ4v) is 11.8. The van der Waals surface area contributed by atoms with E-state index in [1.165, 1.54) is 17.2 Å². The molecule has 0 atom stereocenters. The first-order valence-corrected chi connectivity index (χ1v) is 11.6. The summed E-state index contributed by atoms with van der Waals surface area (Å²) in [6.45, 7) is 21.6. The van der Waals surface area contributed by atoms with Gasteiger partial charge in [-0.15, -0.1) is 35.9 Å². The Morgan fingerprint density at radius 1 is 0.821 bits per heavy atom. The van der Waals surface area contributed by atoms with E-state index in [0.717, 1.165) is 6.42 Å². The summed E-state index contributed by atoms with van der Waals surface area (Å²) in [4.78, 5) is 0. The zero-order chi connectivity index (χ0) is 20.9. The normalized spacial score (nSPS) is 14.8. The molecule has 0 spiro atoms. The molecule has 162 valence electrons. The average Bonchev–Trinajstić information content (AvgIpc) is 2.51. The molecule has 0 saturated heterocycles. The summed E-state index contributed by atoms with van der Waals surface area (Å²) in [6, 6.07) is 11.8. The van der Waals surface area contributed by atoms with Gasteiger partial charge in [-0.3, -0.25) is 0 Å². The number of rotatable bonds is 2. The molecule has 0 aromatic heterocycles. The van der Waals surface area contributed by atoms with E-state index >= 15 is 0 Å². The molecule has 0 amide bonds. The van der Waals surface area contributed by atoms with Crippen molar-refractivity contribution in [1.82, 2.24) is 5.32 Å². The first-order valence-electron chi connectivity index (χ1n) is 10.1. The van der Waals surface area contributed by atoms with Crippen molar-refractivity contribution in [2.75, 3.05) is 7.05 Å². The molecule has 1 aromatic rings. The topological polar surface area (TPSA) is 12.0 Å². The third kappa shape index (κ3) is 8.55.